The first-order valence-electron chi connectivity index (χ1n) is 5.63. The SMILES string of the molecule is CC(C)C(Br)C(=O)NC1CCCC(O)C1. The number of hydrogen-bond donors (Lipinski definition) is 2. The van der Waals surface area contributed by atoms with Crippen molar-refractivity contribution in [3.05, 3.63) is 0 Å². The number of carbonyl (C=O) groups excluding carboxylic acids is 1. The first-order chi connectivity index (χ1) is 7.00. The van der Waals surface area contributed by atoms with Gasteiger partial charge in [0.25, 0.3) is 0 Å². The van der Waals surface area contributed by atoms with Crippen molar-refractivity contribution in [2.75, 3.05) is 0 Å². The van der Waals surface area contributed by atoms with Crippen LogP contribution in [0.1, 0.15) is 39.5 Å². The molecule has 1 saturated carbocycles. The van der Waals surface area contributed by atoms with Gasteiger partial charge in [0.1, 0.15) is 0 Å². The maximum absolute atomic E-state index is 11.7. The van der Waals surface area contributed by atoms with Crippen LogP contribution in [0.5, 0.6) is 0 Å². The summed E-state index contributed by atoms with van der Waals surface area (Å²) in [7, 11) is 0. The van der Waals surface area contributed by atoms with Gasteiger partial charge in [0.2, 0.25) is 5.91 Å². The van der Waals surface area contributed by atoms with Crippen LogP contribution < -0.4 is 5.32 Å². The van der Waals surface area contributed by atoms with Crippen molar-refractivity contribution in [2.24, 2.45) is 5.92 Å². The Balaban J connectivity index is 2.37. The van der Waals surface area contributed by atoms with E-state index in [0.717, 1.165) is 19.3 Å². The van der Waals surface area contributed by atoms with E-state index in [2.05, 4.69) is 21.2 Å². The topological polar surface area (TPSA) is 49.3 Å². The minimum absolute atomic E-state index is 0.0455. The molecule has 1 rings (SSSR count). The van der Waals surface area contributed by atoms with Crippen molar-refractivity contribution in [1.82, 2.24) is 5.32 Å². The Morgan fingerprint density at radius 3 is 2.67 bits per heavy atom. The van der Waals surface area contributed by atoms with Gasteiger partial charge >= 0.3 is 0 Å². The number of rotatable bonds is 3. The fraction of sp³-hybridized carbons (Fsp3) is 0.909. The lowest BCUT2D eigenvalue weighted by Gasteiger charge is -2.28. The lowest BCUT2D eigenvalue weighted by Crippen LogP contribution is -2.44. The second-order valence-corrected chi connectivity index (χ2v) is 5.66. The highest BCUT2D eigenvalue weighted by atomic mass is 79.9. The second kappa shape index (κ2) is 5.85. The van der Waals surface area contributed by atoms with Crippen LogP contribution in [0.25, 0.3) is 0 Å². The average Bonchev–Trinajstić information content (AvgIpc) is 2.16. The monoisotopic (exact) mass is 277 g/mol. The molecular formula is C11H20BrNO2. The summed E-state index contributed by atoms with van der Waals surface area (Å²) >= 11 is 3.37. The molecule has 0 bridgehead atoms. The molecule has 3 nitrogen and oxygen atoms in total. The van der Waals surface area contributed by atoms with E-state index in [1.807, 2.05) is 13.8 Å². The lowest BCUT2D eigenvalue weighted by atomic mass is 9.93. The van der Waals surface area contributed by atoms with Crippen LogP contribution in [0.3, 0.4) is 0 Å². The van der Waals surface area contributed by atoms with Crippen molar-refractivity contribution in [3.63, 3.8) is 0 Å². The van der Waals surface area contributed by atoms with Gasteiger partial charge in [0.15, 0.2) is 0 Å². The summed E-state index contributed by atoms with van der Waals surface area (Å²) in [6.45, 7) is 4.02. The minimum Gasteiger partial charge on any atom is -0.393 e. The highest BCUT2D eigenvalue weighted by Crippen LogP contribution is 2.19. The highest BCUT2D eigenvalue weighted by molar-refractivity contribution is 9.10. The number of amides is 1. The molecule has 1 amide bonds. The maximum atomic E-state index is 11.7. The molecule has 1 aliphatic rings. The standard InChI is InChI=1S/C11H20BrNO2/c1-7(2)10(12)11(15)13-8-4-3-5-9(14)6-8/h7-10,14H,3-6H2,1-2H3,(H,13,15). The average molecular weight is 278 g/mol. The Kier molecular flexibility index (Phi) is 5.06. The van der Waals surface area contributed by atoms with Gasteiger partial charge in [-0.2, -0.15) is 0 Å². The summed E-state index contributed by atoms with van der Waals surface area (Å²) in [6.07, 6.45) is 3.32. The molecule has 0 aromatic heterocycles. The zero-order valence-electron chi connectivity index (χ0n) is 9.37. The number of nitrogens with one attached hydrogen (secondary N) is 1. The molecule has 3 unspecified atom stereocenters. The van der Waals surface area contributed by atoms with Gasteiger partial charge in [-0.3, -0.25) is 4.79 Å². The quantitative estimate of drug-likeness (QED) is 0.774. The first-order valence-corrected chi connectivity index (χ1v) is 6.54. The van der Waals surface area contributed by atoms with Crippen LogP contribution in [-0.4, -0.2) is 28.0 Å². The third-order valence-corrected chi connectivity index (χ3v) is 4.30. The van der Waals surface area contributed by atoms with E-state index in [1.165, 1.54) is 0 Å². The van der Waals surface area contributed by atoms with Crippen LogP contribution in [0, 0.1) is 5.92 Å². The van der Waals surface area contributed by atoms with Crippen LogP contribution >= 0.6 is 15.9 Å². The summed E-state index contributed by atoms with van der Waals surface area (Å²) in [6, 6.07) is 0.153. The van der Waals surface area contributed by atoms with Crippen molar-refractivity contribution in [1.29, 1.82) is 0 Å². The van der Waals surface area contributed by atoms with Gasteiger partial charge in [0.05, 0.1) is 10.9 Å². The molecule has 2 N–H and O–H groups in total. The largest absolute Gasteiger partial charge is 0.393 e. The van der Waals surface area contributed by atoms with E-state index in [9.17, 15) is 9.90 Å². The second-order valence-electron chi connectivity index (χ2n) is 4.67. The summed E-state index contributed by atoms with van der Waals surface area (Å²) in [5.41, 5.74) is 0. The van der Waals surface area contributed by atoms with Crippen LogP contribution in [0.15, 0.2) is 0 Å². The molecule has 0 aromatic carbocycles. The van der Waals surface area contributed by atoms with E-state index >= 15 is 0 Å². The van der Waals surface area contributed by atoms with Crippen LogP contribution in [0.4, 0.5) is 0 Å². The summed E-state index contributed by atoms with van der Waals surface area (Å²) in [5, 5.41) is 12.5. The fourth-order valence-corrected chi connectivity index (χ4v) is 2.01. The molecule has 0 spiro atoms. The van der Waals surface area contributed by atoms with Gasteiger partial charge < -0.3 is 10.4 Å². The number of aliphatic hydroxyl groups excluding tert-OH is 1. The zero-order valence-corrected chi connectivity index (χ0v) is 11.0. The Hall–Kier alpha value is -0.0900. The van der Waals surface area contributed by atoms with Crippen molar-refractivity contribution < 1.29 is 9.90 Å². The molecule has 3 atom stereocenters. The Bertz CT molecular complexity index is 221. The van der Waals surface area contributed by atoms with Crippen molar-refractivity contribution >= 4 is 21.8 Å². The molecule has 1 aliphatic carbocycles. The number of aliphatic hydroxyl groups is 1. The van der Waals surface area contributed by atoms with E-state index in [4.69, 9.17) is 0 Å². The Morgan fingerprint density at radius 2 is 2.13 bits per heavy atom. The molecule has 0 saturated heterocycles. The number of carbonyl (C=O) groups is 1. The van der Waals surface area contributed by atoms with Gasteiger partial charge in [0, 0.05) is 6.04 Å². The van der Waals surface area contributed by atoms with Gasteiger partial charge in [-0.05, 0) is 31.6 Å². The van der Waals surface area contributed by atoms with Crippen LogP contribution in [0.2, 0.25) is 0 Å². The molecule has 4 heteroatoms. The first kappa shape index (κ1) is 13.0. The molecule has 0 radical (unpaired) electrons. The van der Waals surface area contributed by atoms with Gasteiger partial charge in [-0.15, -0.1) is 0 Å². The fourth-order valence-electron chi connectivity index (χ4n) is 1.88. The molecule has 0 aliphatic heterocycles. The minimum atomic E-state index is -0.239. The predicted octanol–water partition coefficient (Wildman–Crippen LogP) is 1.83. The van der Waals surface area contributed by atoms with Crippen molar-refractivity contribution in [3.8, 4) is 0 Å². The number of alkyl halides is 1. The van der Waals surface area contributed by atoms with Gasteiger partial charge in [-0.25, -0.2) is 0 Å². The van der Waals surface area contributed by atoms with E-state index in [0.29, 0.717) is 12.3 Å². The Labute approximate surface area is 99.8 Å². The lowest BCUT2D eigenvalue weighted by molar-refractivity contribution is -0.122. The molecule has 0 aromatic rings. The number of hydrogen-bond acceptors (Lipinski definition) is 2. The molecule has 1 fully saturated rings. The van der Waals surface area contributed by atoms with E-state index < -0.39 is 0 Å². The van der Waals surface area contributed by atoms with E-state index in [-0.39, 0.29) is 22.9 Å². The molecule has 0 heterocycles. The third kappa shape index (κ3) is 4.11. The van der Waals surface area contributed by atoms with Crippen molar-refractivity contribution in [2.45, 2.75) is 56.5 Å². The molecule has 88 valence electrons. The smallest absolute Gasteiger partial charge is 0.234 e. The zero-order chi connectivity index (χ0) is 11.4. The number of halogens is 1. The van der Waals surface area contributed by atoms with E-state index in [1.54, 1.807) is 0 Å². The Morgan fingerprint density at radius 1 is 1.47 bits per heavy atom. The summed E-state index contributed by atoms with van der Waals surface area (Å²) < 4.78 is 0. The molecular weight excluding hydrogens is 258 g/mol. The summed E-state index contributed by atoms with van der Waals surface area (Å²) in [5.74, 6) is 0.336. The van der Waals surface area contributed by atoms with Crippen LogP contribution in [-0.2, 0) is 4.79 Å². The highest BCUT2D eigenvalue weighted by Gasteiger charge is 2.25. The molecule has 15 heavy (non-hydrogen) atoms. The normalized spacial score (nSPS) is 28.9. The third-order valence-electron chi connectivity index (χ3n) is 2.83. The predicted molar refractivity (Wildman–Crippen MR) is 64.0 cm³/mol. The summed E-state index contributed by atoms with van der Waals surface area (Å²) in [4.78, 5) is 11.6. The maximum Gasteiger partial charge on any atom is 0.234 e. The van der Waals surface area contributed by atoms with Gasteiger partial charge in [-0.1, -0.05) is 29.8 Å².